The second-order valence-corrected chi connectivity index (χ2v) is 4.52. The second-order valence-electron chi connectivity index (χ2n) is 4.52. The summed E-state index contributed by atoms with van der Waals surface area (Å²) in [5, 5.41) is 0. The van der Waals surface area contributed by atoms with Crippen LogP contribution in [0.1, 0.15) is 27.7 Å². The Balaban J connectivity index is 3.91. The van der Waals surface area contributed by atoms with Crippen LogP contribution in [0.4, 0.5) is 0 Å². The Hall–Kier alpha value is -0.450. The highest BCUT2D eigenvalue weighted by Crippen LogP contribution is 1.94. The molecule has 0 radical (unpaired) electrons. The molecule has 4 nitrogen and oxygen atoms in total. The summed E-state index contributed by atoms with van der Waals surface area (Å²) in [5.74, 6) is 0. The quantitative estimate of drug-likeness (QED) is 0.490. The Morgan fingerprint density at radius 3 is 1.44 bits per heavy atom. The lowest BCUT2D eigenvalue weighted by molar-refractivity contribution is -0.108. The lowest BCUT2D eigenvalue weighted by Gasteiger charge is -2.27. The van der Waals surface area contributed by atoms with Gasteiger partial charge in [0.25, 0.3) is 0 Å². The van der Waals surface area contributed by atoms with Crippen LogP contribution in [0.15, 0.2) is 0 Å². The maximum absolute atomic E-state index is 10.5. The molecule has 0 saturated heterocycles. The molecule has 0 spiro atoms. The zero-order valence-electron chi connectivity index (χ0n) is 12.7. The maximum atomic E-state index is 10.5. The first-order chi connectivity index (χ1) is 8.71. The fraction of sp³-hybridized carbons (Fsp3) is 0.929. The number of carbonyl (C=O) groups excluding carboxylic acids is 1. The van der Waals surface area contributed by atoms with E-state index in [1.165, 1.54) is 0 Å². The van der Waals surface area contributed by atoms with Crippen LogP contribution in [0.25, 0.3) is 0 Å². The van der Waals surface area contributed by atoms with Gasteiger partial charge in [-0.2, -0.15) is 0 Å². The van der Waals surface area contributed by atoms with E-state index in [9.17, 15) is 4.79 Å². The van der Waals surface area contributed by atoms with Gasteiger partial charge < -0.3 is 14.6 Å². The van der Waals surface area contributed by atoms with Gasteiger partial charge in [0.05, 0.1) is 6.54 Å². The summed E-state index contributed by atoms with van der Waals surface area (Å²) in [4.78, 5) is 17.6. The van der Waals surface area contributed by atoms with Crippen LogP contribution in [0.2, 0.25) is 0 Å². The van der Waals surface area contributed by atoms with Crippen LogP contribution in [-0.4, -0.2) is 79.9 Å². The molecule has 0 heterocycles. The summed E-state index contributed by atoms with van der Waals surface area (Å²) >= 11 is 0. The number of carbonyl (C=O) groups is 1. The minimum atomic E-state index is 0.560. The molecule has 0 aromatic rings. The van der Waals surface area contributed by atoms with Gasteiger partial charge in [-0.25, -0.2) is 0 Å². The van der Waals surface area contributed by atoms with Crippen molar-refractivity contribution in [1.82, 2.24) is 14.7 Å². The Morgan fingerprint density at radius 2 is 1.06 bits per heavy atom. The number of nitrogens with zero attached hydrogens (tertiary/aromatic N) is 3. The average molecular weight is 257 g/mol. The molecular formula is C14H31N3O. The molecule has 0 aliphatic heterocycles. The van der Waals surface area contributed by atoms with E-state index in [-0.39, 0.29) is 0 Å². The molecule has 4 heteroatoms. The van der Waals surface area contributed by atoms with Gasteiger partial charge in [-0.15, -0.1) is 0 Å². The van der Waals surface area contributed by atoms with Crippen LogP contribution >= 0.6 is 0 Å². The van der Waals surface area contributed by atoms with E-state index in [0.29, 0.717) is 6.54 Å². The van der Waals surface area contributed by atoms with Gasteiger partial charge >= 0.3 is 0 Å². The van der Waals surface area contributed by atoms with Gasteiger partial charge in [0.2, 0.25) is 0 Å². The predicted octanol–water partition coefficient (Wildman–Crippen LogP) is 1.17. The molecule has 0 aliphatic rings. The second kappa shape index (κ2) is 11.6. The maximum Gasteiger partial charge on any atom is 0.133 e. The fourth-order valence-electron chi connectivity index (χ4n) is 2.02. The lowest BCUT2D eigenvalue weighted by Crippen LogP contribution is -2.40. The SMILES string of the molecule is CCN(CC)CCN(CC)CCN(CC)CC=O. The Labute approximate surface area is 113 Å². The normalized spacial score (nSPS) is 11.7. The third kappa shape index (κ3) is 7.80. The summed E-state index contributed by atoms with van der Waals surface area (Å²) in [6.07, 6.45) is 0.996. The van der Waals surface area contributed by atoms with Crippen molar-refractivity contribution in [2.24, 2.45) is 0 Å². The van der Waals surface area contributed by atoms with Crippen molar-refractivity contribution in [3.05, 3.63) is 0 Å². The molecule has 0 fully saturated rings. The van der Waals surface area contributed by atoms with E-state index in [1.807, 2.05) is 0 Å². The first-order valence-corrected chi connectivity index (χ1v) is 7.32. The highest BCUT2D eigenvalue weighted by molar-refractivity contribution is 5.51. The lowest BCUT2D eigenvalue weighted by atomic mass is 10.4. The van der Waals surface area contributed by atoms with Crippen molar-refractivity contribution in [2.75, 3.05) is 58.9 Å². The molecule has 0 N–H and O–H groups in total. The number of rotatable bonds is 12. The van der Waals surface area contributed by atoms with E-state index < -0.39 is 0 Å². The topological polar surface area (TPSA) is 26.8 Å². The Morgan fingerprint density at radius 1 is 0.667 bits per heavy atom. The molecule has 0 saturated carbocycles. The first-order valence-electron chi connectivity index (χ1n) is 7.32. The van der Waals surface area contributed by atoms with Gasteiger partial charge in [-0.1, -0.05) is 27.7 Å². The third-order valence-corrected chi connectivity index (χ3v) is 3.59. The summed E-state index contributed by atoms with van der Waals surface area (Å²) in [6.45, 7) is 17.9. The van der Waals surface area contributed by atoms with Crippen LogP contribution in [0.3, 0.4) is 0 Å². The van der Waals surface area contributed by atoms with Crippen LogP contribution in [0.5, 0.6) is 0 Å². The number of aldehydes is 1. The zero-order chi connectivity index (χ0) is 13.8. The van der Waals surface area contributed by atoms with Gasteiger partial charge in [-0.05, 0) is 26.2 Å². The van der Waals surface area contributed by atoms with E-state index in [4.69, 9.17) is 0 Å². The van der Waals surface area contributed by atoms with Crippen LogP contribution in [-0.2, 0) is 4.79 Å². The van der Waals surface area contributed by atoms with Crippen LogP contribution < -0.4 is 0 Å². The van der Waals surface area contributed by atoms with E-state index in [1.54, 1.807) is 0 Å². The first kappa shape index (κ1) is 17.6. The molecule has 18 heavy (non-hydrogen) atoms. The van der Waals surface area contributed by atoms with Gasteiger partial charge in [-0.3, -0.25) is 4.90 Å². The average Bonchev–Trinajstić information content (AvgIpc) is 2.41. The highest BCUT2D eigenvalue weighted by Gasteiger charge is 2.07. The van der Waals surface area contributed by atoms with E-state index in [0.717, 1.165) is 58.6 Å². The summed E-state index contributed by atoms with van der Waals surface area (Å²) in [7, 11) is 0. The molecule has 0 amide bonds. The molecule has 0 aromatic carbocycles. The smallest absolute Gasteiger partial charge is 0.133 e. The Bertz CT molecular complexity index is 195. The van der Waals surface area contributed by atoms with Gasteiger partial charge in [0, 0.05) is 26.2 Å². The number of hydrogen-bond donors (Lipinski definition) is 0. The van der Waals surface area contributed by atoms with Crippen molar-refractivity contribution in [1.29, 1.82) is 0 Å². The Kier molecular flexibility index (Phi) is 11.3. The fourth-order valence-corrected chi connectivity index (χ4v) is 2.02. The van der Waals surface area contributed by atoms with Crippen LogP contribution in [0, 0.1) is 0 Å². The van der Waals surface area contributed by atoms with Crippen molar-refractivity contribution >= 4 is 6.29 Å². The molecular weight excluding hydrogens is 226 g/mol. The molecule has 0 unspecified atom stereocenters. The predicted molar refractivity (Wildman–Crippen MR) is 78.1 cm³/mol. The van der Waals surface area contributed by atoms with Gasteiger partial charge in [0.15, 0.2) is 0 Å². The molecule has 0 bridgehead atoms. The zero-order valence-corrected chi connectivity index (χ0v) is 12.7. The van der Waals surface area contributed by atoms with Crippen molar-refractivity contribution in [3.8, 4) is 0 Å². The molecule has 0 rings (SSSR count). The van der Waals surface area contributed by atoms with Gasteiger partial charge in [0.1, 0.15) is 6.29 Å². The summed E-state index contributed by atoms with van der Waals surface area (Å²) in [5.41, 5.74) is 0. The molecule has 0 atom stereocenters. The summed E-state index contributed by atoms with van der Waals surface area (Å²) < 4.78 is 0. The molecule has 108 valence electrons. The number of hydrogen-bond acceptors (Lipinski definition) is 4. The monoisotopic (exact) mass is 257 g/mol. The third-order valence-electron chi connectivity index (χ3n) is 3.59. The minimum absolute atomic E-state index is 0.560. The molecule has 0 aliphatic carbocycles. The standard InChI is InChI=1S/C14H31N3O/c1-5-15(6-2)9-10-16(7-3)11-12-17(8-4)13-14-18/h14H,5-13H2,1-4H3. The largest absolute Gasteiger partial charge is 0.303 e. The molecule has 0 aromatic heterocycles. The minimum Gasteiger partial charge on any atom is -0.303 e. The van der Waals surface area contributed by atoms with Crippen molar-refractivity contribution in [2.45, 2.75) is 27.7 Å². The van der Waals surface area contributed by atoms with E-state index >= 15 is 0 Å². The highest BCUT2D eigenvalue weighted by atomic mass is 16.1. The van der Waals surface area contributed by atoms with Crippen molar-refractivity contribution < 1.29 is 4.79 Å². The number of likely N-dealkylation sites (N-methyl/N-ethyl adjacent to an activating group) is 3. The van der Waals surface area contributed by atoms with E-state index in [2.05, 4.69) is 42.4 Å². The van der Waals surface area contributed by atoms with Crippen molar-refractivity contribution in [3.63, 3.8) is 0 Å². The summed E-state index contributed by atoms with van der Waals surface area (Å²) in [6, 6.07) is 0.